The molecule has 0 amide bonds. The van der Waals surface area contributed by atoms with Gasteiger partial charge < -0.3 is 4.74 Å². The van der Waals surface area contributed by atoms with E-state index < -0.39 is 0 Å². The van der Waals surface area contributed by atoms with Gasteiger partial charge in [-0.2, -0.15) is 5.26 Å². The molecule has 1 aromatic rings. The first kappa shape index (κ1) is 12.5. The zero-order valence-electron chi connectivity index (χ0n) is 9.16. The van der Waals surface area contributed by atoms with E-state index in [9.17, 15) is 4.79 Å². The highest BCUT2D eigenvalue weighted by molar-refractivity contribution is 6.31. The zero-order valence-corrected chi connectivity index (χ0v) is 9.91. The van der Waals surface area contributed by atoms with Crippen LogP contribution in [0.25, 0.3) is 0 Å². The van der Waals surface area contributed by atoms with E-state index in [1.807, 2.05) is 6.07 Å². The minimum atomic E-state index is -0.261. The van der Waals surface area contributed by atoms with Crippen LogP contribution < -0.4 is 4.74 Å². The number of hydrogen-bond donors (Lipinski definition) is 0. The van der Waals surface area contributed by atoms with Gasteiger partial charge in [0.25, 0.3) is 0 Å². The van der Waals surface area contributed by atoms with E-state index in [-0.39, 0.29) is 11.9 Å². The Balaban J connectivity index is 2.85. The quantitative estimate of drug-likeness (QED) is 0.809. The van der Waals surface area contributed by atoms with Crippen LogP contribution in [0.4, 0.5) is 0 Å². The van der Waals surface area contributed by atoms with Crippen LogP contribution in [-0.2, 0) is 4.79 Å². The normalized spacial score (nSPS) is 11.6. The molecule has 1 rings (SSSR count). The first-order chi connectivity index (χ1) is 7.54. The largest absolute Gasteiger partial charge is 0.489 e. The molecule has 3 nitrogen and oxygen atoms in total. The van der Waals surface area contributed by atoms with Gasteiger partial charge in [0.15, 0.2) is 0 Å². The number of ether oxygens (including phenoxy) is 1. The lowest BCUT2D eigenvalue weighted by Crippen LogP contribution is -2.16. The van der Waals surface area contributed by atoms with Gasteiger partial charge >= 0.3 is 0 Å². The summed E-state index contributed by atoms with van der Waals surface area (Å²) in [6.07, 6.45) is 0.0558. The summed E-state index contributed by atoms with van der Waals surface area (Å²) in [5.74, 6) is 0.469. The van der Waals surface area contributed by atoms with Crippen LogP contribution >= 0.6 is 11.6 Å². The second kappa shape index (κ2) is 5.53. The van der Waals surface area contributed by atoms with Crippen LogP contribution in [0.2, 0.25) is 5.02 Å². The summed E-state index contributed by atoms with van der Waals surface area (Å²) >= 11 is 5.85. The predicted molar refractivity (Wildman–Crippen MR) is 61.6 cm³/mol. The van der Waals surface area contributed by atoms with E-state index in [2.05, 4.69) is 0 Å². The van der Waals surface area contributed by atoms with Crippen molar-refractivity contribution in [1.82, 2.24) is 0 Å². The molecule has 0 aliphatic rings. The van der Waals surface area contributed by atoms with Crippen LogP contribution in [0.1, 0.15) is 25.8 Å². The Hall–Kier alpha value is -1.53. The highest BCUT2D eigenvalue weighted by Crippen LogP contribution is 2.26. The van der Waals surface area contributed by atoms with Crippen LogP contribution in [0, 0.1) is 11.3 Å². The molecule has 0 fully saturated rings. The Kier molecular flexibility index (Phi) is 4.33. The molecule has 0 aliphatic heterocycles. The Bertz CT molecular complexity index is 437. The molecule has 0 spiro atoms. The average Bonchev–Trinajstić information content (AvgIpc) is 2.16. The molecule has 1 aromatic carbocycles. The molecule has 0 aliphatic carbocycles. The van der Waals surface area contributed by atoms with Crippen molar-refractivity contribution in [3.05, 3.63) is 28.8 Å². The number of nitriles is 1. The molecule has 0 aromatic heterocycles. The molecule has 0 saturated carbocycles. The minimum Gasteiger partial charge on any atom is -0.489 e. The third-order valence-electron chi connectivity index (χ3n) is 1.99. The van der Waals surface area contributed by atoms with Crippen molar-refractivity contribution in [2.45, 2.75) is 26.4 Å². The Labute approximate surface area is 99.6 Å². The number of benzene rings is 1. The number of carbonyl (C=O) groups is 1. The lowest BCUT2D eigenvalue weighted by Gasteiger charge is -2.14. The second-order valence-electron chi connectivity index (χ2n) is 3.56. The summed E-state index contributed by atoms with van der Waals surface area (Å²) in [6, 6.07) is 6.98. The lowest BCUT2D eigenvalue weighted by molar-refractivity contribution is -0.118. The predicted octanol–water partition coefficient (Wildman–Crippen LogP) is 2.96. The third kappa shape index (κ3) is 3.25. The highest BCUT2D eigenvalue weighted by Gasteiger charge is 2.12. The van der Waals surface area contributed by atoms with Crippen molar-refractivity contribution in [1.29, 1.82) is 5.26 Å². The van der Waals surface area contributed by atoms with Crippen LogP contribution in [0.3, 0.4) is 0 Å². The highest BCUT2D eigenvalue weighted by atomic mass is 35.5. The van der Waals surface area contributed by atoms with Crippen molar-refractivity contribution in [2.75, 3.05) is 0 Å². The standard InChI is InChI=1S/C12H12ClNO2/c1-8(15)6-9(2)16-12-5-3-4-11(13)10(12)7-14/h3-5,9H,6H2,1-2H3. The smallest absolute Gasteiger partial charge is 0.139 e. The molecule has 4 heteroatoms. The monoisotopic (exact) mass is 237 g/mol. The Morgan fingerprint density at radius 2 is 2.31 bits per heavy atom. The maximum absolute atomic E-state index is 10.9. The molecular weight excluding hydrogens is 226 g/mol. The fourth-order valence-corrected chi connectivity index (χ4v) is 1.58. The van der Waals surface area contributed by atoms with Gasteiger partial charge in [-0.15, -0.1) is 0 Å². The number of hydrogen-bond acceptors (Lipinski definition) is 3. The number of rotatable bonds is 4. The first-order valence-corrected chi connectivity index (χ1v) is 5.27. The summed E-state index contributed by atoms with van der Waals surface area (Å²) in [4.78, 5) is 10.9. The Morgan fingerprint density at radius 1 is 1.62 bits per heavy atom. The maximum Gasteiger partial charge on any atom is 0.139 e. The van der Waals surface area contributed by atoms with Gasteiger partial charge in [-0.25, -0.2) is 0 Å². The van der Waals surface area contributed by atoms with Crippen LogP contribution in [0.15, 0.2) is 18.2 Å². The molecule has 0 N–H and O–H groups in total. The molecule has 0 radical (unpaired) electrons. The molecule has 1 unspecified atom stereocenters. The molecule has 84 valence electrons. The Morgan fingerprint density at radius 3 is 2.88 bits per heavy atom. The van der Waals surface area contributed by atoms with Gasteiger partial charge in [0, 0.05) is 6.42 Å². The van der Waals surface area contributed by atoms with Crippen LogP contribution in [0.5, 0.6) is 5.75 Å². The third-order valence-corrected chi connectivity index (χ3v) is 2.31. The average molecular weight is 238 g/mol. The number of ketones is 1. The minimum absolute atomic E-state index is 0.0491. The van der Waals surface area contributed by atoms with Gasteiger partial charge in [0.1, 0.15) is 29.3 Å². The topological polar surface area (TPSA) is 50.1 Å². The summed E-state index contributed by atoms with van der Waals surface area (Å²) in [5, 5.41) is 9.27. The van der Waals surface area contributed by atoms with E-state index in [4.69, 9.17) is 21.6 Å². The maximum atomic E-state index is 10.9. The van der Waals surface area contributed by atoms with Crippen molar-refractivity contribution >= 4 is 17.4 Å². The van der Waals surface area contributed by atoms with Crippen molar-refractivity contribution in [2.24, 2.45) is 0 Å². The lowest BCUT2D eigenvalue weighted by atomic mass is 10.2. The van der Waals surface area contributed by atoms with Crippen molar-refractivity contribution in [3.63, 3.8) is 0 Å². The summed E-state index contributed by atoms with van der Waals surface area (Å²) in [5.41, 5.74) is 0.305. The van der Waals surface area contributed by atoms with Crippen molar-refractivity contribution < 1.29 is 9.53 Å². The molecule has 1 atom stereocenters. The van der Waals surface area contributed by atoms with E-state index in [1.54, 1.807) is 25.1 Å². The first-order valence-electron chi connectivity index (χ1n) is 4.89. The SMILES string of the molecule is CC(=O)CC(C)Oc1cccc(Cl)c1C#N. The number of nitrogens with zero attached hydrogens (tertiary/aromatic N) is 1. The summed E-state index contributed by atoms with van der Waals surface area (Å²) < 4.78 is 5.50. The van der Waals surface area contributed by atoms with E-state index in [0.717, 1.165) is 0 Å². The molecule has 0 bridgehead atoms. The van der Waals surface area contributed by atoms with E-state index in [1.165, 1.54) is 6.92 Å². The van der Waals surface area contributed by atoms with Gasteiger partial charge in [-0.3, -0.25) is 4.79 Å². The summed E-state index contributed by atoms with van der Waals surface area (Å²) in [6.45, 7) is 3.28. The van der Waals surface area contributed by atoms with Crippen molar-refractivity contribution in [3.8, 4) is 11.8 Å². The zero-order chi connectivity index (χ0) is 12.1. The molecule has 0 saturated heterocycles. The van der Waals surface area contributed by atoms with E-state index >= 15 is 0 Å². The fraction of sp³-hybridized carbons (Fsp3) is 0.333. The van der Waals surface area contributed by atoms with Gasteiger partial charge in [0.2, 0.25) is 0 Å². The number of Topliss-reactive ketones (excluding diaryl/α,β-unsaturated/α-hetero) is 1. The van der Waals surface area contributed by atoms with E-state index in [0.29, 0.717) is 22.8 Å². The van der Waals surface area contributed by atoms with Gasteiger partial charge in [-0.05, 0) is 26.0 Å². The molecular formula is C12H12ClNO2. The van der Waals surface area contributed by atoms with Crippen LogP contribution in [-0.4, -0.2) is 11.9 Å². The number of halogens is 1. The number of carbonyl (C=O) groups excluding carboxylic acids is 1. The summed E-state index contributed by atoms with van der Waals surface area (Å²) in [7, 11) is 0. The van der Waals surface area contributed by atoms with Gasteiger partial charge in [0.05, 0.1) is 5.02 Å². The molecule has 0 heterocycles. The molecule has 16 heavy (non-hydrogen) atoms. The fourth-order valence-electron chi connectivity index (χ4n) is 1.37. The second-order valence-corrected chi connectivity index (χ2v) is 3.97. The van der Waals surface area contributed by atoms with Gasteiger partial charge in [-0.1, -0.05) is 17.7 Å².